The van der Waals surface area contributed by atoms with Gasteiger partial charge in [-0.15, -0.1) is 0 Å². The molecule has 29 heavy (non-hydrogen) atoms. The molecule has 1 aromatic rings. The lowest BCUT2D eigenvalue weighted by molar-refractivity contribution is -0.144. The molecule has 2 saturated carbocycles. The van der Waals surface area contributed by atoms with Crippen molar-refractivity contribution in [3.05, 3.63) is 35.6 Å². The summed E-state index contributed by atoms with van der Waals surface area (Å²) in [5.41, 5.74) is 6.63. The minimum Gasteiger partial charge on any atom is -0.353 e. The van der Waals surface area contributed by atoms with Crippen LogP contribution in [0.1, 0.15) is 44.1 Å². The molecule has 6 nitrogen and oxygen atoms in total. The second kappa shape index (κ2) is 8.79. The molecular weight excluding hydrogens is 371 g/mol. The Bertz CT molecular complexity index is 733. The lowest BCUT2D eigenvalue weighted by Crippen LogP contribution is -2.58. The summed E-state index contributed by atoms with van der Waals surface area (Å²) in [7, 11) is 0. The maximum atomic E-state index is 13.3. The molecule has 0 aromatic heterocycles. The fraction of sp³-hybridized carbons (Fsp3) is 0.636. The van der Waals surface area contributed by atoms with E-state index < -0.39 is 6.04 Å². The van der Waals surface area contributed by atoms with Crippen molar-refractivity contribution in [3.8, 4) is 0 Å². The Kier molecular flexibility index (Phi) is 6.15. The van der Waals surface area contributed by atoms with E-state index in [2.05, 4.69) is 10.2 Å². The largest absolute Gasteiger partial charge is 0.353 e. The van der Waals surface area contributed by atoms with Crippen LogP contribution in [0.2, 0.25) is 0 Å². The zero-order valence-electron chi connectivity index (χ0n) is 16.9. The van der Waals surface area contributed by atoms with E-state index in [0.29, 0.717) is 32.1 Å². The molecule has 2 atom stereocenters. The maximum absolute atomic E-state index is 13.3. The molecule has 7 heteroatoms. The number of hydrogen-bond acceptors (Lipinski definition) is 4. The molecule has 1 unspecified atom stereocenters. The first-order chi connectivity index (χ1) is 14.1. The van der Waals surface area contributed by atoms with Gasteiger partial charge in [0, 0.05) is 44.2 Å². The monoisotopic (exact) mass is 402 g/mol. The highest BCUT2D eigenvalue weighted by molar-refractivity contribution is 5.89. The summed E-state index contributed by atoms with van der Waals surface area (Å²) in [6, 6.07) is 7.00. The third-order valence-electron chi connectivity index (χ3n) is 6.29. The summed E-state index contributed by atoms with van der Waals surface area (Å²) in [4.78, 5) is 29.9. The molecule has 0 radical (unpaired) electrons. The standard InChI is InChI=1S/C22H31FN4O2/c23-17-5-1-15(2-6-17)14-27(18-7-8-18)19-9-12-26(22(29)16-3-4-16)20(13-19)21(28)25-11-10-24/h1-2,5-6,16,18-20H,3-4,7-14,24H2,(H,25,28)/t19?,20-/m1/s1. The van der Waals surface area contributed by atoms with Gasteiger partial charge in [0.05, 0.1) is 0 Å². The van der Waals surface area contributed by atoms with Gasteiger partial charge in [-0.1, -0.05) is 12.1 Å². The highest BCUT2D eigenvalue weighted by Crippen LogP contribution is 2.37. The third kappa shape index (κ3) is 4.95. The Hall–Kier alpha value is -1.99. The molecule has 158 valence electrons. The van der Waals surface area contributed by atoms with Gasteiger partial charge < -0.3 is 16.0 Å². The summed E-state index contributed by atoms with van der Waals surface area (Å²) in [5.74, 6) is -0.0788. The molecule has 4 rings (SSSR count). The molecular formula is C22H31FN4O2. The van der Waals surface area contributed by atoms with Crippen molar-refractivity contribution in [2.75, 3.05) is 19.6 Å². The van der Waals surface area contributed by atoms with Crippen LogP contribution in [0.3, 0.4) is 0 Å². The maximum Gasteiger partial charge on any atom is 0.242 e. The predicted octanol–water partition coefficient (Wildman–Crippen LogP) is 1.63. The second-order valence-corrected chi connectivity index (χ2v) is 8.61. The van der Waals surface area contributed by atoms with Crippen molar-refractivity contribution >= 4 is 11.8 Å². The van der Waals surface area contributed by atoms with Crippen LogP contribution >= 0.6 is 0 Å². The second-order valence-electron chi connectivity index (χ2n) is 8.61. The number of nitrogens with one attached hydrogen (secondary N) is 1. The van der Waals surface area contributed by atoms with Crippen molar-refractivity contribution in [3.63, 3.8) is 0 Å². The SMILES string of the molecule is NCCNC(=O)[C@H]1CC(N(Cc2ccc(F)cc2)C2CC2)CCN1C(=O)C1CC1. The van der Waals surface area contributed by atoms with E-state index in [-0.39, 0.29) is 29.6 Å². The third-order valence-corrected chi connectivity index (χ3v) is 6.29. The summed E-state index contributed by atoms with van der Waals surface area (Å²) in [6.07, 6.45) is 5.71. The summed E-state index contributed by atoms with van der Waals surface area (Å²) < 4.78 is 13.3. The van der Waals surface area contributed by atoms with Crippen molar-refractivity contribution in [2.45, 2.75) is 63.2 Å². The van der Waals surface area contributed by atoms with Gasteiger partial charge in [-0.3, -0.25) is 14.5 Å². The number of nitrogens with two attached hydrogens (primary N) is 1. The first kappa shape index (κ1) is 20.3. The number of rotatable bonds is 8. The van der Waals surface area contributed by atoms with Crippen LogP contribution in [-0.4, -0.2) is 59.4 Å². The first-order valence-electron chi connectivity index (χ1n) is 10.8. The topological polar surface area (TPSA) is 78.7 Å². The molecule has 3 fully saturated rings. The number of halogens is 1. The van der Waals surface area contributed by atoms with Crippen molar-refractivity contribution in [1.82, 2.24) is 15.1 Å². The van der Waals surface area contributed by atoms with Crippen LogP contribution in [0.15, 0.2) is 24.3 Å². The quantitative estimate of drug-likeness (QED) is 0.693. The number of nitrogens with zero attached hydrogens (tertiary/aromatic N) is 2. The zero-order chi connectivity index (χ0) is 20.4. The molecule has 3 N–H and O–H groups in total. The average molecular weight is 403 g/mol. The summed E-state index contributed by atoms with van der Waals surface area (Å²) in [5, 5.41) is 2.89. The minimum absolute atomic E-state index is 0.0910. The van der Waals surface area contributed by atoms with Gasteiger partial charge >= 0.3 is 0 Å². The molecule has 1 heterocycles. The normalized spacial score (nSPS) is 24.6. The lowest BCUT2D eigenvalue weighted by Gasteiger charge is -2.43. The molecule has 1 aromatic carbocycles. The van der Waals surface area contributed by atoms with Crippen LogP contribution in [0.5, 0.6) is 0 Å². The number of hydrogen-bond donors (Lipinski definition) is 2. The smallest absolute Gasteiger partial charge is 0.242 e. The molecule has 0 bridgehead atoms. The minimum atomic E-state index is -0.428. The van der Waals surface area contributed by atoms with Gasteiger partial charge in [-0.2, -0.15) is 0 Å². The number of amides is 2. The van der Waals surface area contributed by atoms with Gasteiger partial charge in [0.1, 0.15) is 11.9 Å². The molecule has 0 spiro atoms. The number of piperidine rings is 1. The Balaban J connectivity index is 1.48. The van der Waals surface area contributed by atoms with E-state index in [9.17, 15) is 14.0 Å². The predicted molar refractivity (Wildman–Crippen MR) is 108 cm³/mol. The fourth-order valence-corrected chi connectivity index (χ4v) is 4.40. The molecule has 1 aliphatic heterocycles. The van der Waals surface area contributed by atoms with Crippen molar-refractivity contribution < 1.29 is 14.0 Å². The van der Waals surface area contributed by atoms with E-state index in [1.165, 1.54) is 12.1 Å². The van der Waals surface area contributed by atoms with Crippen molar-refractivity contribution in [1.29, 1.82) is 0 Å². The number of carbonyl (C=O) groups excluding carboxylic acids is 2. The summed E-state index contributed by atoms with van der Waals surface area (Å²) >= 11 is 0. The Morgan fingerprint density at radius 2 is 1.83 bits per heavy atom. The lowest BCUT2D eigenvalue weighted by atomic mass is 9.93. The molecule has 3 aliphatic rings. The van der Waals surface area contributed by atoms with Gasteiger partial charge in [-0.25, -0.2) is 4.39 Å². The van der Waals surface area contributed by atoms with E-state index in [4.69, 9.17) is 5.73 Å². The Labute approximate surface area is 171 Å². The van der Waals surface area contributed by atoms with Crippen molar-refractivity contribution in [2.24, 2.45) is 11.7 Å². The van der Waals surface area contributed by atoms with E-state index in [0.717, 1.165) is 44.2 Å². The van der Waals surface area contributed by atoms with E-state index >= 15 is 0 Å². The van der Waals surface area contributed by atoms with Crippen LogP contribution in [0.25, 0.3) is 0 Å². The summed E-state index contributed by atoms with van der Waals surface area (Å²) in [6.45, 7) is 2.18. The number of likely N-dealkylation sites (tertiary alicyclic amines) is 1. The first-order valence-corrected chi connectivity index (χ1v) is 10.8. The fourth-order valence-electron chi connectivity index (χ4n) is 4.40. The van der Waals surface area contributed by atoms with Crippen LogP contribution in [0.4, 0.5) is 4.39 Å². The Morgan fingerprint density at radius 1 is 1.10 bits per heavy atom. The van der Waals surface area contributed by atoms with Gasteiger partial charge in [0.2, 0.25) is 11.8 Å². The van der Waals surface area contributed by atoms with Crippen LogP contribution in [0, 0.1) is 11.7 Å². The van der Waals surface area contributed by atoms with Gasteiger partial charge in [-0.05, 0) is 56.2 Å². The molecule has 2 aliphatic carbocycles. The average Bonchev–Trinajstić information content (AvgIpc) is 3.63. The number of carbonyl (C=O) groups is 2. The zero-order valence-corrected chi connectivity index (χ0v) is 16.9. The highest BCUT2D eigenvalue weighted by Gasteiger charge is 2.44. The van der Waals surface area contributed by atoms with Crippen LogP contribution < -0.4 is 11.1 Å². The molecule has 2 amide bonds. The van der Waals surface area contributed by atoms with E-state index in [1.807, 2.05) is 17.0 Å². The van der Waals surface area contributed by atoms with Crippen LogP contribution in [-0.2, 0) is 16.1 Å². The number of benzene rings is 1. The Morgan fingerprint density at radius 3 is 2.45 bits per heavy atom. The van der Waals surface area contributed by atoms with Gasteiger partial charge in [0.25, 0.3) is 0 Å². The van der Waals surface area contributed by atoms with Gasteiger partial charge in [0.15, 0.2) is 0 Å². The highest BCUT2D eigenvalue weighted by atomic mass is 19.1. The molecule has 1 saturated heterocycles. The van der Waals surface area contributed by atoms with E-state index in [1.54, 1.807) is 0 Å².